The first-order chi connectivity index (χ1) is 15.5. The molecule has 2 N–H and O–H groups in total. The zero-order valence-corrected chi connectivity index (χ0v) is 18.5. The Morgan fingerprint density at radius 2 is 1.84 bits per heavy atom. The lowest BCUT2D eigenvalue weighted by molar-refractivity contribution is -0.158. The molecule has 1 aromatic heterocycles. The summed E-state index contributed by atoms with van der Waals surface area (Å²) in [7, 11) is 0. The highest BCUT2D eigenvalue weighted by Gasteiger charge is 2.48. The number of carbonyl (C=O) groups is 2. The standard InChI is InChI=1S/C26H29N3O3/c1-16(2)17-8-10-18(11-9-17)25-24-20(19-6-3-4-7-21(19)27-24)14-22-26(32)28(12-5-13-30)15-23(31)29(22)25/h3-4,6-11,16,22,25,27,30H,5,12-15H2,1-2H3/t22-,25+/m1/s1. The van der Waals surface area contributed by atoms with Crippen LogP contribution in [0.2, 0.25) is 0 Å². The zero-order valence-electron chi connectivity index (χ0n) is 18.5. The van der Waals surface area contributed by atoms with Crippen molar-refractivity contribution in [3.05, 3.63) is 70.9 Å². The summed E-state index contributed by atoms with van der Waals surface area (Å²) in [6, 6.07) is 15.7. The van der Waals surface area contributed by atoms with Gasteiger partial charge in [0, 0.05) is 36.2 Å². The summed E-state index contributed by atoms with van der Waals surface area (Å²) in [4.78, 5) is 33.8. The Hall–Kier alpha value is -3.12. The van der Waals surface area contributed by atoms with E-state index in [4.69, 9.17) is 0 Å². The van der Waals surface area contributed by atoms with Gasteiger partial charge >= 0.3 is 0 Å². The normalized spacial score (nSPS) is 20.8. The Morgan fingerprint density at radius 1 is 1.09 bits per heavy atom. The molecule has 166 valence electrons. The fraction of sp³-hybridized carbons (Fsp3) is 0.385. The summed E-state index contributed by atoms with van der Waals surface area (Å²) in [6.45, 7) is 4.79. The molecule has 1 fully saturated rings. The predicted molar refractivity (Wildman–Crippen MR) is 123 cm³/mol. The number of hydrogen-bond acceptors (Lipinski definition) is 3. The topological polar surface area (TPSA) is 76.6 Å². The van der Waals surface area contributed by atoms with Crippen LogP contribution in [0.3, 0.4) is 0 Å². The molecular formula is C26H29N3O3. The van der Waals surface area contributed by atoms with E-state index < -0.39 is 6.04 Å². The molecule has 0 bridgehead atoms. The fourth-order valence-electron chi connectivity index (χ4n) is 5.18. The van der Waals surface area contributed by atoms with Gasteiger partial charge in [0.15, 0.2) is 0 Å². The fourth-order valence-corrected chi connectivity index (χ4v) is 5.18. The number of amides is 2. The third-order valence-electron chi connectivity index (χ3n) is 6.85. The van der Waals surface area contributed by atoms with Crippen LogP contribution in [-0.4, -0.2) is 57.4 Å². The molecule has 0 unspecified atom stereocenters. The first-order valence-electron chi connectivity index (χ1n) is 11.4. The van der Waals surface area contributed by atoms with Crippen LogP contribution >= 0.6 is 0 Å². The highest BCUT2D eigenvalue weighted by Crippen LogP contribution is 2.42. The second-order valence-electron chi connectivity index (χ2n) is 9.14. The van der Waals surface area contributed by atoms with E-state index in [1.54, 1.807) is 9.80 Å². The van der Waals surface area contributed by atoms with Gasteiger partial charge in [-0.25, -0.2) is 0 Å². The summed E-state index contributed by atoms with van der Waals surface area (Å²) in [6.07, 6.45) is 0.976. The third kappa shape index (κ3) is 3.30. The quantitative estimate of drug-likeness (QED) is 0.650. The van der Waals surface area contributed by atoms with E-state index in [9.17, 15) is 14.7 Å². The second-order valence-corrected chi connectivity index (χ2v) is 9.14. The van der Waals surface area contributed by atoms with Gasteiger partial charge in [-0.15, -0.1) is 0 Å². The molecule has 0 spiro atoms. The number of nitrogens with zero attached hydrogens (tertiary/aromatic N) is 2. The molecule has 2 atom stereocenters. The van der Waals surface area contributed by atoms with Crippen molar-refractivity contribution in [1.82, 2.24) is 14.8 Å². The Kier molecular flexibility index (Phi) is 5.25. The Balaban J connectivity index is 1.64. The van der Waals surface area contributed by atoms with Gasteiger partial charge in [0.25, 0.3) is 0 Å². The van der Waals surface area contributed by atoms with Crippen molar-refractivity contribution in [3.63, 3.8) is 0 Å². The summed E-state index contributed by atoms with van der Waals surface area (Å²) in [5, 5.41) is 10.3. The van der Waals surface area contributed by atoms with Crippen molar-refractivity contribution < 1.29 is 14.7 Å². The highest BCUT2D eigenvalue weighted by molar-refractivity contribution is 5.97. The molecule has 2 aliphatic heterocycles. The van der Waals surface area contributed by atoms with E-state index in [0.717, 1.165) is 27.7 Å². The number of fused-ring (bicyclic) bond motifs is 4. The van der Waals surface area contributed by atoms with Crippen LogP contribution in [0.25, 0.3) is 10.9 Å². The van der Waals surface area contributed by atoms with Gasteiger partial charge in [0.05, 0.1) is 12.6 Å². The van der Waals surface area contributed by atoms with Gasteiger partial charge in [-0.3, -0.25) is 9.59 Å². The zero-order chi connectivity index (χ0) is 22.4. The number of aliphatic hydroxyl groups excluding tert-OH is 1. The first kappa shape index (κ1) is 20.8. The number of aromatic amines is 1. The Bertz CT molecular complexity index is 1160. The number of para-hydroxylation sites is 1. The highest BCUT2D eigenvalue weighted by atomic mass is 16.3. The van der Waals surface area contributed by atoms with Gasteiger partial charge in [-0.05, 0) is 35.1 Å². The molecule has 2 aliphatic rings. The van der Waals surface area contributed by atoms with Crippen LogP contribution in [0, 0.1) is 0 Å². The number of nitrogens with one attached hydrogen (secondary N) is 1. The maximum Gasteiger partial charge on any atom is 0.246 e. The molecule has 0 aliphatic carbocycles. The number of hydrogen-bond donors (Lipinski definition) is 2. The lowest BCUT2D eigenvalue weighted by Crippen LogP contribution is -2.63. The van der Waals surface area contributed by atoms with E-state index in [2.05, 4.69) is 49.2 Å². The molecule has 6 nitrogen and oxygen atoms in total. The smallest absolute Gasteiger partial charge is 0.246 e. The average molecular weight is 432 g/mol. The van der Waals surface area contributed by atoms with Crippen molar-refractivity contribution in [3.8, 4) is 0 Å². The number of H-pyrrole nitrogens is 1. The van der Waals surface area contributed by atoms with Crippen molar-refractivity contribution in [2.45, 2.75) is 44.7 Å². The van der Waals surface area contributed by atoms with Gasteiger partial charge < -0.3 is 19.9 Å². The number of aromatic nitrogens is 1. The van der Waals surface area contributed by atoms with Gasteiger partial charge in [0.2, 0.25) is 11.8 Å². The second kappa shape index (κ2) is 8.10. The molecule has 5 rings (SSSR count). The van der Waals surface area contributed by atoms with E-state index >= 15 is 0 Å². The van der Waals surface area contributed by atoms with Crippen LogP contribution in [0.5, 0.6) is 0 Å². The van der Waals surface area contributed by atoms with Gasteiger partial charge in [-0.2, -0.15) is 0 Å². The molecule has 0 radical (unpaired) electrons. The number of rotatable bonds is 5. The molecule has 3 heterocycles. The third-order valence-corrected chi connectivity index (χ3v) is 6.85. The maximum absolute atomic E-state index is 13.4. The molecular weight excluding hydrogens is 402 g/mol. The molecule has 0 saturated carbocycles. The summed E-state index contributed by atoms with van der Waals surface area (Å²) in [5.74, 6) is 0.345. The number of benzene rings is 2. The minimum absolute atomic E-state index is 0.00374. The molecule has 3 aromatic rings. The SMILES string of the molecule is CC(C)c1ccc([C@H]2c3[nH]c4ccccc4c3C[C@@H]3C(=O)N(CCCO)CC(=O)N23)cc1. The average Bonchev–Trinajstić information content (AvgIpc) is 3.17. The Morgan fingerprint density at radius 3 is 2.56 bits per heavy atom. The van der Waals surface area contributed by atoms with E-state index in [-0.39, 0.29) is 31.0 Å². The van der Waals surface area contributed by atoms with Crippen LogP contribution in [0.1, 0.15) is 54.6 Å². The van der Waals surface area contributed by atoms with Crippen molar-refractivity contribution >= 4 is 22.7 Å². The largest absolute Gasteiger partial charge is 0.396 e. The van der Waals surface area contributed by atoms with E-state index in [1.807, 2.05) is 18.2 Å². The number of piperazine rings is 1. The molecule has 6 heteroatoms. The maximum atomic E-state index is 13.4. The molecule has 2 aromatic carbocycles. The van der Waals surface area contributed by atoms with Crippen LogP contribution in [0.4, 0.5) is 0 Å². The monoisotopic (exact) mass is 431 g/mol. The van der Waals surface area contributed by atoms with Crippen LogP contribution in [0.15, 0.2) is 48.5 Å². The van der Waals surface area contributed by atoms with Gasteiger partial charge in [-0.1, -0.05) is 56.3 Å². The summed E-state index contributed by atoms with van der Waals surface area (Å²) in [5.41, 5.74) is 5.40. The van der Waals surface area contributed by atoms with Gasteiger partial charge in [0.1, 0.15) is 6.04 Å². The Labute approximate surface area is 187 Å². The lowest BCUT2D eigenvalue weighted by atomic mass is 9.85. The van der Waals surface area contributed by atoms with Crippen LogP contribution < -0.4 is 0 Å². The predicted octanol–water partition coefficient (Wildman–Crippen LogP) is 3.36. The molecule has 2 amide bonds. The summed E-state index contributed by atoms with van der Waals surface area (Å²) < 4.78 is 0. The van der Waals surface area contributed by atoms with Crippen molar-refractivity contribution in [2.24, 2.45) is 0 Å². The number of carbonyl (C=O) groups excluding carboxylic acids is 2. The van der Waals surface area contributed by atoms with Crippen molar-refractivity contribution in [2.75, 3.05) is 19.7 Å². The van der Waals surface area contributed by atoms with E-state index in [0.29, 0.717) is 25.3 Å². The lowest BCUT2D eigenvalue weighted by Gasteiger charge is -2.47. The summed E-state index contributed by atoms with van der Waals surface area (Å²) >= 11 is 0. The van der Waals surface area contributed by atoms with E-state index in [1.165, 1.54) is 5.56 Å². The van der Waals surface area contributed by atoms with Crippen LogP contribution in [-0.2, 0) is 16.0 Å². The number of aliphatic hydroxyl groups is 1. The van der Waals surface area contributed by atoms with Crippen molar-refractivity contribution in [1.29, 1.82) is 0 Å². The minimum Gasteiger partial charge on any atom is -0.396 e. The minimum atomic E-state index is -0.531. The molecule has 1 saturated heterocycles. The first-order valence-corrected chi connectivity index (χ1v) is 11.4. The molecule has 32 heavy (non-hydrogen) atoms.